The summed E-state index contributed by atoms with van der Waals surface area (Å²) in [5.74, 6) is -1.07. The van der Waals surface area contributed by atoms with Gasteiger partial charge in [0.25, 0.3) is 0 Å². The number of carboxylic acid groups (broad SMARTS) is 1. The first-order chi connectivity index (χ1) is 8.90. The highest BCUT2D eigenvalue weighted by molar-refractivity contribution is 5.75. The van der Waals surface area contributed by atoms with E-state index >= 15 is 0 Å². The van der Waals surface area contributed by atoms with Gasteiger partial charge in [0, 0.05) is 13.0 Å². The number of esters is 1. The van der Waals surface area contributed by atoms with Gasteiger partial charge < -0.3 is 19.3 Å². The molecule has 112 valence electrons. The summed E-state index contributed by atoms with van der Waals surface area (Å²) < 4.78 is 15.2. The Morgan fingerprint density at radius 2 is 1.74 bits per heavy atom. The Labute approximate surface area is 114 Å². The molecular formula is C13H24O6. The van der Waals surface area contributed by atoms with Gasteiger partial charge in [-0.15, -0.1) is 0 Å². The van der Waals surface area contributed by atoms with E-state index in [1.54, 1.807) is 0 Å². The fraction of sp³-hybridized carbons (Fsp3) is 0.846. The van der Waals surface area contributed by atoms with Crippen molar-refractivity contribution in [1.29, 1.82) is 0 Å². The highest BCUT2D eigenvalue weighted by Crippen LogP contribution is 2.21. The Morgan fingerprint density at radius 1 is 1.11 bits per heavy atom. The Hall–Kier alpha value is -1.14. The molecule has 0 aromatic rings. The van der Waals surface area contributed by atoms with E-state index in [1.165, 1.54) is 0 Å². The maximum Gasteiger partial charge on any atom is 0.311 e. The molecule has 0 aromatic heterocycles. The SMILES string of the molecule is CCC(C)(C)C(=O)OCCOCOCCCC(=O)O. The van der Waals surface area contributed by atoms with Crippen LogP contribution in [-0.2, 0) is 23.8 Å². The average Bonchev–Trinajstić information content (AvgIpc) is 2.36. The van der Waals surface area contributed by atoms with Crippen LogP contribution in [0.25, 0.3) is 0 Å². The third kappa shape index (κ3) is 9.44. The van der Waals surface area contributed by atoms with Gasteiger partial charge in [0.05, 0.1) is 12.0 Å². The first-order valence-electron chi connectivity index (χ1n) is 6.44. The summed E-state index contributed by atoms with van der Waals surface area (Å²) in [6.07, 6.45) is 1.27. The van der Waals surface area contributed by atoms with Crippen molar-refractivity contribution in [2.45, 2.75) is 40.0 Å². The molecule has 0 rings (SSSR count). The normalized spacial score (nSPS) is 11.3. The van der Waals surface area contributed by atoms with Crippen molar-refractivity contribution in [2.75, 3.05) is 26.6 Å². The summed E-state index contributed by atoms with van der Waals surface area (Å²) in [4.78, 5) is 21.8. The minimum absolute atomic E-state index is 0.0777. The molecule has 0 spiro atoms. The molecule has 0 bridgehead atoms. The molecule has 19 heavy (non-hydrogen) atoms. The van der Waals surface area contributed by atoms with E-state index in [9.17, 15) is 9.59 Å². The van der Waals surface area contributed by atoms with Crippen molar-refractivity contribution >= 4 is 11.9 Å². The number of hydrogen-bond acceptors (Lipinski definition) is 5. The molecule has 0 unspecified atom stereocenters. The lowest BCUT2D eigenvalue weighted by Crippen LogP contribution is -2.27. The summed E-state index contributed by atoms with van der Waals surface area (Å²) in [5, 5.41) is 8.39. The van der Waals surface area contributed by atoms with Crippen LogP contribution in [0.2, 0.25) is 0 Å². The van der Waals surface area contributed by atoms with Gasteiger partial charge in [-0.2, -0.15) is 0 Å². The van der Waals surface area contributed by atoms with Gasteiger partial charge in [-0.25, -0.2) is 0 Å². The zero-order valence-corrected chi connectivity index (χ0v) is 11.9. The van der Waals surface area contributed by atoms with Crippen molar-refractivity contribution in [3.63, 3.8) is 0 Å². The molecule has 0 fully saturated rings. The summed E-state index contributed by atoms with van der Waals surface area (Å²) in [7, 11) is 0. The van der Waals surface area contributed by atoms with Crippen molar-refractivity contribution in [1.82, 2.24) is 0 Å². The van der Waals surface area contributed by atoms with Crippen molar-refractivity contribution in [3.05, 3.63) is 0 Å². The van der Waals surface area contributed by atoms with Crippen molar-refractivity contribution in [3.8, 4) is 0 Å². The Morgan fingerprint density at radius 3 is 2.32 bits per heavy atom. The molecule has 6 heteroatoms. The second-order valence-corrected chi connectivity index (χ2v) is 4.80. The zero-order chi connectivity index (χ0) is 14.7. The number of carbonyl (C=O) groups is 2. The maximum absolute atomic E-state index is 11.6. The lowest BCUT2D eigenvalue weighted by molar-refractivity contribution is -0.157. The molecule has 0 saturated carbocycles. The number of carboxylic acids is 1. The topological polar surface area (TPSA) is 82.1 Å². The third-order valence-corrected chi connectivity index (χ3v) is 2.74. The van der Waals surface area contributed by atoms with E-state index in [2.05, 4.69) is 0 Å². The molecular weight excluding hydrogens is 252 g/mol. The van der Waals surface area contributed by atoms with Gasteiger partial charge in [0.1, 0.15) is 13.4 Å². The summed E-state index contributed by atoms with van der Waals surface area (Å²) in [5.41, 5.74) is -0.465. The predicted octanol–water partition coefficient (Wildman–Crippen LogP) is 1.82. The largest absolute Gasteiger partial charge is 0.481 e. The van der Waals surface area contributed by atoms with Crippen LogP contribution >= 0.6 is 0 Å². The lowest BCUT2D eigenvalue weighted by atomic mass is 9.91. The Bertz CT molecular complexity index is 274. The summed E-state index contributed by atoms with van der Waals surface area (Å²) in [6, 6.07) is 0. The zero-order valence-electron chi connectivity index (χ0n) is 11.9. The first kappa shape index (κ1) is 17.9. The predicted molar refractivity (Wildman–Crippen MR) is 68.7 cm³/mol. The molecule has 0 aliphatic heterocycles. The molecule has 0 aliphatic rings. The van der Waals surface area contributed by atoms with E-state index in [0.29, 0.717) is 13.0 Å². The van der Waals surface area contributed by atoms with Gasteiger partial charge in [-0.1, -0.05) is 6.92 Å². The van der Waals surface area contributed by atoms with Crippen molar-refractivity contribution in [2.24, 2.45) is 5.41 Å². The van der Waals surface area contributed by atoms with Gasteiger partial charge in [0.15, 0.2) is 0 Å². The van der Waals surface area contributed by atoms with Crippen LogP contribution in [0.5, 0.6) is 0 Å². The number of hydrogen-bond donors (Lipinski definition) is 1. The standard InChI is InChI=1S/C13H24O6/c1-4-13(2,3)12(16)19-9-8-18-10-17-7-5-6-11(14)15/h4-10H2,1-3H3,(H,14,15). The van der Waals surface area contributed by atoms with Crippen LogP contribution < -0.4 is 0 Å². The minimum atomic E-state index is -0.838. The number of aliphatic carboxylic acids is 1. The first-order valence-corrected chi connectivity index (χ1v) is 6.44. The van der Waals surface area contributed by atoms with Crippen LogP contribution in [0.3, 0.4) is 0 Å². The van der Waals surface area contributed by atoms with Crippen LogP contribution in [0, 0.1) is 5.41 Å². The highest BCUT2D eigenvalue weighted by atomic mass is 16.7. The Balaban J connectivity index is 3.37. The smallest absolute Gasteiger partial charge is 0.311 e. The van der Waals surface area contributed by atoms with Crippen LogP contribution in [0.4, 0.5) is 0 Å². The third-order valence-electron chi connectivity index (χ3n) is 2.74. The Kier molecular flexibility index (Phi) is 9.16. The molecule has 0 aliphatic carbocycles. The van der Waals surface area contributed by atoms with E-state index in [4.69, 9.17) is 19.3 Å². The summed E-state index contributed by atoms with van der Waals surface area (Å²) in [6.45, 7) is 6.49. The molecule has 0 radical (unpaired) electrons. The lowest BCUT2D eigenvalue weighted by Gasteiger charge is -2.20. The fourth-order valence-corrected chi connectivity index (χ4v) is 1.04. The maximum atomic E-state index is 11.6. The quantitative estimate of drug-likeness (QED) is 0.352. The number of rotatable bonds is 11. The van der Waals surface area contributed by atoms with Gasteiger partial charge >= 0.3 is 11.9 Å². The molecule has 6 nitrogen and oxygen atoms in total. The van der Waals surface area contributed by atoms with E-state index in [1.807, 2.05) is 20.8 Å². The average molecular weight is 276 g/mol. The minimum Gasteiger partial charge on any atom is -0.481 e. The van der Waals surface area contributed by atoms with Crippen LogP contribution in [0.1, 0.15) is 40.0 Å². The molecule has 0 aromatic carbocycles. The second kappa shape index (κ2) is 9.75. The van der Waals surface area contributed by atoms with Crippen LogP contribution in [-0.4, -0.2) is 43.7 Å². The van der Waals surface area contributed by atoms with Crippen molar-refractivity contribution < 1.29 is 28.9 Å². The molecule has 0 amide bonds. The van der Waals surface area contributed by atoms with E-state index in [-0.39, 0.29) is 32.4 Å². The fourth-order valence-electron chi connectivity index (χ4n) is 1.04. The van der Waals surface area contributed by atoms with Gasteiger partial charge in [0.2, 0.25) is 0 Å². The molecule has 0 saturated heterocycles. The molecule has 0 atom stereocenters. The number of carbonyl (C=O) groups excluding carboxylic acids is 1. The van der Waals surface area contributed by atoms with E-state index < -0.39 is 11.4 Å². The number of ether oxygens (including phenoxy) is 3. The van der Waals surface area contributed by atoms with Crippen LogP contribution in [0.15, 0.2) is 0 Å². The monoisotopic (exact) mass is 276 g/mol. The highest BCUT2D eigenvalue weighted by Gasteiger charge is 2.26. The molecule has 1 N–H and O–H groups in total. The molecule has 0 heterocycles. The van der Waals surface area contributed by atoms with Gasteiger partial charge in [-0.3, -0.25) is 9.59 Å². The van der Waals surface area contributed by atoms with E-state index in [0.717, 1.165) is 6.42 Å². The second-order valence-electron chi connectivity index (χ2n) is 4.80. The summed E-state index contributed by atoms with van der Waals surface area (Å²) >= 11 is 0. The van der Waals surface area contributed by atoms with Gasteiger partial charge in [-0.05, 0) is 26.7 Å².